The molecule has 2 heterocycles. The van der Waals surface area contributed by atoms with Gasteiger partial charge in [0.1, 0.15) is 23.7 Å². The van der Waals surface area contributed by atoms with E-state index in [1.807, 2.05) is 28.8 Å². The SMILES string of the molecule is O=C(COc1ccc(F)cc1)Nc1ccc(-n2cnc3ccccc32)nc1. The molecule has 134 valence electrons. The highest BCUT2D eigenvalue weighted by Gasteiger charge is 2.07. The lowest BCUT2D eigenvalue weighted by atomic mass is 10.3. The molecule has 0 aliphatic rings. The topological polar surface area (TPSA) is 69.0 Å². The molecule has 0 spiro atoms. The molecule has 4 rings (SSSR count). The van der Waals surface area contributed by atoms with E-state index in [1.165, 1.54) is 24.3 Å². The van der Waals surface area contributed by atoms with Crippen molar-refractivity contribution in [3.05, 3.63) is 79.0 Å². The first kappa shape index (κ1) is 16.7. The number of hydrogen-bond acceptors (Lipinski definition) is 4. The van der Waals surface area contributed by atoms with Gasteiger partial charge in [0.25, 0.3) is 5.91 Å². The Morgan fingerprint density at radius 2 is 1.85 bits per heavy atom. The third-order valence-electron chi connectivity index (χ3n) is 3.92. The minimum absolute atomic E-state index is 0.181. The molecule has 0 saturated carbocycles. The first-order valence-corrected chi connectivity index (χ1v) is 8.26. The number of carbonyl (C=O) groups is 1. The van der Waals surface area contributed by atoms with Gasteiger partial charge in [0.15, 0.2) is 6.61 Å². The van der Waals surface area contributed by atoms with Crippen LogP contribution < -0.4 is 10.1 Å². The minimum atomic E-state index is -0.358. The second kappa shape index (κ2) is 7.25. The van der Waals surface area contributed by atoms with E-state index in [9.17, 15) is 9.18 Å². The largest absolute Gasteiger partial charge is 0.484 e. The number of fused-ring (bicyclic) bond motifs is 1. The molecule has 2 aromatic heterocycles. The van der Waals surface area contributed by atoms with Crippen LogP contribution >= 0.6 is 0 Å². The number of ether oxygens (including phenoxy) is 1. The Morgan fingerprint density at radius 3 is 2.63 bits per heavy atom. The number of imidazole rings is 1. The quantitative estimate of drug-likeness (QED) is 0.589. The van der Waals surface area contributed by atoms with Gasteiger partial charge in [-0.1, -0.05) is 12.1 Å². The normalized spacial score (nSPS) is 10.7. The van der Waals surface area contributed by atoms with Crippen molar-refractivity contribution < 1.29 is 13.9 Å². The highest BCUT2D eigenvalue weighted by atomic mass is 19.1. The zero-order valence-electron chi connectivity index (χ0n) is 14.2. The molecule has 2 aromatic carbocycles. The summed E-state index contributed by atoms with van der Waals surface area (Å²) in [6.07, 6.45) is 3.28. The predicted octanol–water partition coefficient (Wildman–Crippen LogP) is 3.58. The highest BCUT2D eigenvalue weighted by Crippen LogP contribution is 2.17. The van der Waals surface area contributed by atoms with Gasteiger partial charge >= 0.3 is 0 Å². The van der Waals surface area contributed by atoms with Crippen LogP contribution in [-0.4, -0.2) is 27.0 Å². The molecule has 0 atom stereocenters. The Bertz CT molecular complexity index is 1080. The zero-order chi connectivity index (χ0) is 18.6. The van der Waals surface area contributed by atoms with Gasteiger partial charge in [-0.15, -0.1) is 0 Å². The van der Waals surface area contributed by atoms with Crippen molar-refractivity contribution in [2.75, 3.05) is 11.9 Å². The van der Waals surface area contributed by atoms with Crippen LogP contribution in [0.5, 0.6) is 5.75 Å². The molecule has 27 heavy (non-hydrogen) atoms. The van der Waals surface area contributed by atoms with Crippen LogP contribution in [0, 0.1) is 5.82 Å². The van der Waals surface area contributed by atoms with Crippen molar-refractivity contribution in [2.24, 2.45) is 0 Å². The van der Waals surface area contributed by atoms with Gasteiger partial charge in [0.2, 0.25) is 0 Å². The first-order chi connectivity index (χ1) is 13.2. The van der Waals surface area contributed by atoms with E-state index >= 15 is 0 Å². The number of aromatic nitrogens is 3. The molecule has 1 amide bonds. The maximum absolute atomic E-state index is 12.8. The van der Waals surface area contributed by atoms with Crippen LogP contribution in [0.4, 0.5) is 10.1 Å². The number of nitrogens with one attached hydrogen (secondary N) is 1. The second-order valence-electron chi connectivity index (χ2n) is 5.80. The molecule has 0 bridgehead atoms. The summed E-state index contributed by atoms with van der Waals surface area (Å²) >= 11 is 0. The molecule has 0 aliphatic carbocycles. The number of benzene rings is 2. The number of amides is 1. The van der Waals surface area contributed by atoms with E-state index in [2.05, 4.69) is 15.3 Å². The van der Waals surface area contributed by atoms with Gasteiger partial charge in [0.05, 0.1) is 22.9 Å². The number of hydrogen-bond donors (Lipinski definition) is 1. The number of carbonyl (C=O) groups excluding carboxylic acids is 1. The van der Waals surface area contributed by atoms with Gasteiger partial charge < -0.3 is 10.1 Å². The third-order valence-corrected chi connectivity index (χ3v) is 3.92. The fraction of sp³-hybridized carbons (Fsp3) is 0.0500. The first-order valence-electron chi connectivity index (χ1n) is 8.26. The van der Waals surface area contributed by atoms with Crippen LogP contribution in [0.25, 0.3) is 16.9 Å². The van der Waals surface area contributed by atoms with Crippen molar-refractivity contribution in [3.8, 4) is 11.6 Å². The highest BCUT2D eigenvalue weighted by molar-refractivity contribution is 5.91. The number of anilines is 1. The molecule has 0 radical (unpaired) electrons. The smallest absolute Gasteiger partial charge is 0.262 e. The van der Waals surface area contributed by atoms with Crippen molar-refractivity contribution in [3.63, 3.8) is 0 Å². The molecule has 6 nitrogen and oxygen atoms in total. The van der Waals surface area contributed by atoms with Crippen LogP contribution in [0.1, 0.15) is 0 Å². The fourth-order valence-electron chi connectivity index (χ4n) is 2.62. The summed E-state index contributed by atoms with van der Waals surface area (Å²) in [6.45, 7) is -0.181. The van der Waals surface area contributed by atoms with Crippen molar-refractivity contribution in [1.82, 2.24) is 14.5 Å². The Kier molecular flexibility index (Phi) is 4.49. The van der Waals surface area contributed by atoms with Crippen molar-refractivity contribution >= 4 is 22.6 Å². The second-order valence-corrected chi connectivity index (χ2v) is 5.80. The Hall–Kier alpha value is -3.74. The molecule has 7 heteroatoms. The number of pyridine rings is 1. The predicted molar refractivity (Wildman–Crippen MR) is 99.4 cm³/mol. The molecule has 0 fully saturated rings. The van der Waals surface area contributed by atoms with Crippen molar-refractivity contribution in [1.29, 1.82) is 0 Å². The van der Waals surface area contributed by atoms with E-state index in [-0.39, 0.29) is 18.3 Å². The van der Waals surface area contributed by atoms with E-state index in [1.54, 1.807) is 24.7 Å². The number of para-hydroxylation sites is 2. The average molecular weight is 362 g/mol. The van der Waals surface area contributed by atoms with Gasteiger partial charge in [-0.3, -0.25) is 9.36 Å². The standard InChI is InChI=1S/C20H15FN4O2/c21-14-5-8-16(9-6-14)27-12-20(26)24-15-7-10-19(22-11-15)25-13-23-17-3-1-2-4-18(17)25/h1-11,13H,12H2,(H,24,26). The summed E-state index contributed by atoms with van der Waals surface area (Å²) in [5.41, 5.74) is 2.39. The maximum Gasteiger partial charge on any atom is 0.262 e. The molecule has 4 aromatic rings. The van der Waals surface area contributed by atoms with Crippen LogP contribution in [0.3, 0.4) is 0 Å². The lowest BCUT2D eigenvalue weighted by molar-refractivity contribution is -0.118. The summed E-state index contributed by atoms with van der Waals surface area (Å²) < 4.78 is 20.0. The molecular weight excluding hydrogens is 347 g/mol. The monoisotopic (exact) mass is 362 g/mol. The third kappa shape index (κ3) is 3.77. The molecule has 0 saturated heterocycles. The molecule has 0 unspecified atom stereocenters. The fourth-order valence-corrected chi connectivity index (χ4v) is 2.62. The van der Waals surface area contributed by atoms with E-state index in [4.69, 9.17) is 4.74 Å². The molecular formula is C20H15FN4O2. The molecule has 0 aliphatic heterocycles. The van der Waals surface area contributed by atoms with E-state index in [0.29, 0.717) is 17.3 Å². The van der Waals surface area contributed by atoms with Crippen LogP contribution in [0.15, 0.2) is 73.2 Å². The van der Waals surface area contributed by atoms with Gasteiger partial charge in [0, 0.05) is 0 Å². The van der Waals surface area contributed by atoms with E-state index in [0.717, 1.165) is 11.0 Å². The minimum Gasteiger partial charge on any atom is -0.484 e. The average Bonchev–Trinajstić information content (AvgIpc) is 3.12. The Balaban J connectivity index is 1.40. The number of nitrogens with zero attached hydrogens (tertiary/aromatic N) is 3. The van der Waals surface area contributed by atoms with Crippen LogP contribution in [-0.2, 0) is 4.79 Å². The number of halogens is 1. The molecule has 1 N–H and O–H groups in total. The van der Waals surface area contributed by atoms with Gasteiger partial charge in [-0.05, 0) is 48.5 Å². The lowest BCUT2D eigenvalue weighted by Crippen LogP contribution is -2.20. The number of rotatable bonds is 5. The lowest BCUT2D eigenvalue weighted by Gasteiger charge is -2.08. The van der Waals surface area contributed by atoms with Crippen molar-refractivity contribution in [2.45, 2.75) is 0 Å². The summed E-state index contributed by atoms with van der Waals surface area (Å²) in [4.78, 5) is 20.7. The summed E-state index contributed by atoms with van der Waals surface area (Å²) in [7, 11) is 0. The summed E-state index contributed by atoms with van der Waals surface area (Å²) in [6, 6.07) is 16.8. The Morgan fingerprint density at radius 1 is 1.04 bits per heavy atom. The van der Waals surface area contributed by atoms with E-state index < -0.39 is 0 Å². The maximum atomic E-state index is 12.8. The van der Waals surface area contributed by atoms with Gasteiger partial charge in [-0.25, -0.2) is 14.4 Å². The summed E-state index contributed by atoms with van der Waals surface area (Å²) in [5.74, 6) is 0.432. The zero-order valence-corrected chi connectivity index (χ0v) is 14.2. The Labute approximate surface area is 154 Å². The van der Waals surface area contributed by atoms with Crippen LogP contribution in [0.2, 0.25) is 0 Å². The summed E-state index contributed by atoms with van der Waals surface area (Å²) in [5, 5.41) is 2.71. The van der Waals surface area contributed by atoms with Gasteiger partial charge in [-0.2, -0.15) is 0 Å².